The molecular weight excluding hydrogens is 845 g/mol. The number of aliphatic hydroxyl groups is 2. The highest BCUT2D eigenvalue weighted by Crippen LogP contribution is 2.62. The number of amides is 2. The monoisotopic (exact) mass is 904 g/mol. The SMILES string of the molecule is C=CCOC12Oc3ccc(OC(=O)NCC)cc3C3C(CCCCO)C(CCCCO)C=C(C(=NOC4CCCCO4)CC1N(Cc1ccc4c(c1)OCO4)C(=O)c1ccc(C#N)cc1)C32. The smallest absolute Gasteiger partial charge is 0.412 e. The van der Waals surface area contributed by atoms with Gasteiger partial charge in [-0.05, 0) is 123 Å². The van der Waals surface area contributed by atoms with Crippen molar-refractivity contribution < 1.29 is 53.1 Å². The van der Waals surface area contributed by atoms with Crippen LogP contribution >= 0.6 is 0 Å². The molecule has 3 aliphatic heterocycles. The van der Waals surface area contributed by atoms with Crippen molar-refractivity contribution in [3.8, 4) is 29.1 Å². The summed E-state index contributed by atoms with van der Waals surface area (Å²) in [5, 5.41) is 37.4. The van der Waals surface area contributed by atoms with Crippen molar-refractivity contribution >= 4 is 17.7 Å². The predicted octanol–water partition coefficient (Wildman–Crippen LogP) is 7.90. The molecule has 350 valence electrons. The Kier molecular flexibility index (Phi) is 15.2. The first-order valence-electron chi connectivity index (χ1n) is 23.3. The number of nitrogens with one attached hydrogen (secondary N) is 1. The van der Waals surface area contributed by atoms with Crippen molar-refractivity contribution in [3.63, 3.8) is 0 Å². The van der Waals surface area contributed by atoms with Crippen LogP contribution in [0.1, 0.15) is 104 Å². The Labute approximate surface area is 385 Å². The summed E-state index contributed by atoms with van der Waals surface area (Å²) in [4.78, 5) is 36.4. The van der Waals surface area contributed by atoms with E-state index in [1.54, 1.807) is 47.4 Å². The van der Waals surface area contributed by atoms with Gasteiger partial charge in [-0.1, -0.05) is 36.2 Å². The van der Waals surface area contributed by atoms with E-state index in [0.29, 0.717) is 72.3 Å². The fourth-order valence-electron chi connectivity index (χ4n) is 10.3. The summed E-state index contributed by atoms with van der Waals surface area (Å²) in [6, 6.07) is 18.8. The molecule has 15 nitrogen and oxygen atoms in total. The molecule has 2 fully saturated rings. The molecule has 3 N–H and O–H groups in total. The minimum Gasteiger partial charge on any atom is -0.459 e. The molecule has 2 amide bonds. The molecule has 0 spiro atoms. The Morgan fingerprint density at radius 2 is 1.79 bits per heavy atom. The molecule has 3 aromatic carbocycles. The minimum atomic E-state index is -1.57. The third kappa shape index (κ3) is 9.93. The van der Waals surface area contributed by atoms with Crippen molar-refractivity contribution in [2.24, 2.45) is 22.9 Å². The van der Waals surface area contributed by atoms with E-state index in [2.05, 4.69) is 24.0 Å². The molecule has 7 unspecified atom stereocenters. The number of benzene rings is 3. The highest BCUT2D eigenvalue weighted by molar-refractivity contribution is 6.03. The van der Waals surface area contributed by atoms with E-state index in [1.807, 2.05) is 31.2 Å². The van der Waals surface area contributed by atoms with Crippen molar-refractivity contribution in [3.05, 3.63) is 107 Å². The Balaban J connectivity index is 1.36. The van der Waals surface area contributed by atoms with Crippen LogP contribution in [0.15, 0.2) is 90.1 Å². The average Bonchev–Trinajstić information content (AvgIpc) is 3.82. The molecule has 8 rings (SSSR count). The van der Waals surface area contributed by atoms with Crippen LogP contribution in [0.25, 0.3) is 0 Å². The van der Waals surface area contributed by atoms with E-state index in [4.69, 9.17) is 38.4 Å². The van der Waals surface area contributed by atoms with Gasteiger partial charge in [-0.15, -0.1) is 6.58 Å². The maximum atomic E-state index is 15.5. The van der Waals surface area contributed by atoms with Crippen LogP contribution in [-0.4, -0.2) is 90.7 Å². The number of carbonyl (C=O) groups excluding carboxylic acids is 2. The van der Waals surface area contributed by atoms with E-state index in [9.17, 15) is 20.3 Å². The summed E-state index contributed by atoms with van der Waals surface area (Å²) >= 11 is 0. The zero-order valence-electron chi connectivity index (χ0n) is 37.5. The van der Waals surface area contributed by atoms with Crippen LogP contribution < -0.4 is 24.3 Å². The first kappa shape index (κ1) is 46.6. The van der Waals surface area contributed by atoms with Gasteiger partial charge >= 0.3 is 6.09 Å². The number of allylic oxidation sites excluding steroid dienone is 1. The summed E-state index contributed by atoms with van der Waals surface area (Å²) in [7, 11) is 0. The lowest BCUT2D eigenvalue weighted by Crippen LogP contribution is -2.70. The van der Waals surface area contributed by atoms with Crippen LogP contribution in [0.2, 0.25) is 0 Å². The molecule has 1 saturated carbocycles. The Hall–Kier alpha value is -5.92. The lowest BCUT2D eigenvalue weighted by molar-refractivity contribution is -0.255. The average molecular weight is 905 g/mol. The standard InChI is InChI=1S/C51H60N4O11/c1-3-24-63-51-45(55(49(58)35-17-14-33(30-52)15-18-35)31-34-16-20-43-44(26-34)62-32-61-43)29-41(54-66-46-13-7-10-25-60-46)39-27-36(11-5-8-22-56)38(12-6-9-23-57)47(48(39)51)40-28-37(19-21-42(40)65-51)64-50(59)53-4-2/h3,14-21,26-28,36,38,45-48,56-57H,1,4-13,22-25,29,31-32H2,2H3,(H,53,59). The van der Waals surface area contributed by atoms with Gasteiger partial charge in [0.25, 0.3) is 5.91 Å². The summed E-state index contributed by atoms with van der Waals surface area (Å²) in [6.45, 7) is 7.16. The summed E-state index contributed by atoms with van der Waals surface area (Å²) in [6.07, 6.45) is 9.71. The van der Waals surface area contributed by atoms with Gasteiger partial charge in [0.2, 0.25) is 18.9 Å². The summed E-state index contributed by atoms with van der Waals surface area (Å²) in [5.41, 5.74) is 3.82. The lowest BCUT2D eigenvalue weighted by atomic mass is 9.55. The van der Waals surface area contributed by atoms with Crippen LogP contribution in [0, 0.1) is 29.1 Å². The van der Waals surface area contributed by atoms with Gasteiger partial charge in [0.15, 0.2) is 11.5 Å². The number of rotatable bonds is 19. The molecule has 3 aromatic rings. The van der Waals surface area contributed by atoms with Gasteiger partial charge in [-0.3, -0.25) is 4.79 Å². The molecular formula is C51H60N4O11. The predicted molar refractivity (Wildman–Crippen MR) is 243 cm³/mol. The van der Waals surface area contributed by atoms with Crippen LogP contribution in [0.4, 0.5) is 4.79 Å². The van der Waals surface area contributed by atoms with Crippen molar-refractivity contribution in [1.82, 2.24) is 10.2 Å². The maximum Gasteiger partial charge on any atom is 0.412 e. The van der Waals surface area contributed by atoms with Crippen LogP contribution in [-0.2, 0) is 20.9 Å². The summed E-state index contributed by atoms with van der Waals surface area (Å²) < 4.78 is 37.9. The topological polar surface area (TPSA) is 191 Å². The van der Waals surface area contributed by atoms with Crippen LogP contribution in [0.5, 0.6) is 23.0 Å². The zero-order valence-corrected chi connectivity index (χ0v) is 37.5. The number of fused-ring (bicyclic) bond motifs is 3. The Morgan fingerprint density at radius 3 is 2.53 bits per heavy atom. The maximum absolute atomic E-state index is 15.5. The Bertz CT molecular complexity index is 2300. The quantitative estimate of drug-likeness (QED) is 0.0600. The van der Waals surface area contributed by atoms with E-state index >= 15 is 4.79 Å². The number of hydrogen-bond donors (Lipinski definition) is 3. The highest BCUT2D eigenvalue weighted by Gasteiger charge is 2.65. The van der Waals surface area contributed by atoms with Gasteiger partial charge in [-0.25, -0.2) is 4.79 Å². The summed E-state index contributed by atoms with van der Waals surface area (Å²) in [5.74, 6) is -0.924. The number of nitriles is 1. The number of aliphatic hydroxyl groups excluding tert-OH is 2. The molecule has 2 aliphatic carbocycles. The van der Waals surface area contributed by atoms with Gasteiger partial charge in [0.05, 0.1) is 36.5 Å². The van der Waals surface area contributed by atoms with Crippen LogP contribution in [0.3, 0.4) is 0 Å². The molecule has 0 bridgehead atoms. The van der Waals surface area contributed by atoms with Gasteiger partial charge in [-0.2, -0.15) is 5.26 Å². The third-order valence-corrected chi connectivity index (χ3v) is 13.3. The first-order valence-corrected chi connectivity index (χ1v) is 23.3. The minimum absolute atomic E-state index is 0.0137. The molecule has 1 saturated heterocycles. The molecule has 0 radical (unpaired) electrons. The normalized spacial score (nSPS) is 25.3. The van der Waals surface area contributed by atoms with Gasteiger partial charge < -0.3 is 53.7 Å². The fraction of sp³-hybridized carbons (Fsp3) is 0.490. The molecule has 66 heavy (non-hydrogen) atoms. The van der Waals surface area contributed by atoms with Crippen molar-refractivity contribution in [2.75, 3.05) is 39.8 Å². The zero-order chi connectivity index (χ0) is 46.0. The number of ether oxygens (including phenoxy) is 6. The number of unbranched alkanes of at least 4 members (excludes halogenated alkanes) is 2. The van der Waals surface area contributed by atoms with Crippen molar-refractivity contribution in [1.29, 1.82) is 5.26 Å². The van der Waals surface area contributed by atoms with Gasteiger partial charge in [0.1, 0.15) is 17.5 Å². The second-order valence-corrected chi connectivity index (χ2v) is 17.4. The number of carbonyl (C=O) groups is 2. The molecule has 0 aromatic heterocycles. The van der Waals surface area contributed by atoms with Gasteiger partial charge in [0, 0.05) is 56.2 Å². The Morgan fingerprint density at radius 1 is 1.00 bits per heavy atom. The van der Waals surface area contributed by atoms with E-state index in [1.165, 1.54) is 0 Å². The van der Waals surface area contributed by atoms with Crippen molar-refractivity contribution in [2.45, 2.75) is 102 Å². The van der Waals surface area contributed by atoms with E-state index < -0.39 is 30.1 Å². The fourth-order valence-corrected chi connectivity index (χ4v) is 10.3. The van der Waals surface area contributed by atoms with E-state index in [0.717, 1.165) is 55.2 Å². The highest BCUT2D eigenvalue weighted by atomic mass is 16.8. The second kappa shape index (κ2) is 21.6. The number of oxime groups is 1. The number of nitrogens with zero attached hydrogens (tertiary/aromatic N) is 3. The lowest BCUT2D eigenvalue weighted by Gasteiger charge is -2.60. The first-order chi connectivity index (χ1) is 32.3. The second-order valence-electron chi connectivity index (χ2n) is 17.4. The molecule has 5 aliphatic rings. The van der Waals surface area contributed by atoms with E-state index in [-0.39, 0.29) is 63.2 Å². The third-order valence-electron chi connectivity index (χ3n) is 13.3. The number of hydrogen-bond acceptors (Lipinski definition) is 13. The largest absolute Gasteiger partial charge is 0.459 e. The molecule has 3 heterocycles. The molecule has 7 atom stereocenters. The molecule has 15 heteroatoms.